The molecule has 0 aliphatic carbocycles. The van der Waals surface area contributed by atoms with Crippen LogP contribution in [0.4, 0.5) is 11.6 Å². The van der Waals surface area contributed by atoms with Crippen molar-refractivity contribution in [2.24, 2.45) is 5.92 Å². The summed E-state index contributed by atoms with van der Waals surface area (Å²) in [6, 6.07) is 0. The predicted octanol–water partition coefficient (Wildman–Crippen LogP) is 0.496. The van der Waals surface area contributed by atoms with Crippen molar-refractivity contribution in [3.8, 4) is 0 Å². The Kier molecular flexibility index (Phi) is 3.84. The van der Waals surface area contributed by atoms with Gasteiger partial charge in [0, 0.05) is 18.9 Å². The first-order chi connectivity index (χ1) is 9.06. The highest BCUT2D eigenvalue weighted by atomic mass is 16.1. The van der Waals surface area contributed by atoms with Crippen LogP contribution in [0.25, 0.3) is 5.65 Å². The molecule has 0 bridgehead atoms. The third kappa shape index (κ3) is 3.34. The number of nitrogens with two attached hydrogens (primary N) is 1. The van der Waals surface area contributed by atoms with E-state index in [4.69, 9.17) is 5.73 Å². The van der Waals surface area contributed by atoms with Crippen molar-refractivity contribution in [1.82, 2.24) is 19.7 Å². The summed E-state index contributed by atoms with van der Waals surface area (Å²) >= 11 is 0. The molecule has 0 saturated heterocycles. The fourth-order valence-corrected chi connectivity index (χ4v) is 1.61. The number of hydrogen-bond donors (Lipinski definition) is 3. The first-order valence-corrected chi connectivity index (χ1v) is 6.16. The third-order valence-electron chi connectivity index (χ3n) is 2.52. The third-order valence-corrected chi connectivity index (χ3v) is 2.52. The first-order valence-electron chi connectivity index (χ1n) is 6.16. The molecule has 0 atom stereocenters. The van der Waals surface area contributed by atoms with E-state index in [1.807, 2.05) is 13.8 Å². The summed E-state index contributed by atoms with van der Waals surface area (Å²) in [5.74, 6) is 1.22. The maximum Gasteiger partial charge on any atom is 0.239 e. The number of aromatic nitrogens is 3. The molecule has 7 nitrogen and oxygen atoms in total. The number of carbonyl (C=O) groups is 1. The lowest BCUT2D eigenvalue weighted by Gasteiger charge is -2.10. The molecule has 102 valence electrons. The number of rotatable bonds is 5. The number of nitrogens with one attached hydrogen (secondary N) is 2. The lowest BCUT2D eigenvalue weighted by atomic mass is 10.2. The van der Waals surface area contributed by atoms with Gasteiger partial charge in [-0.1, -0.05) is 13.8 Å². The normalized spacial score (nSPS) is 10.9. The lowest BCUT2D eigenvalue weighted by molar-refractivity contribution is -0.119. The molecule has 0 saturated carbocycles. The predicted molar refractivity (Wildman–Crippen MR) is 73.7 cm³/mol. The SMILES string of the molecule is CC(C)CNC(=O)CNc1nc(N)cn2ccnc12. The molecule has 2 aromatic heterocycles. The van der Waals surface area contributed by atoms with Gasteiger partial charge in [-0.2, -0.15) is 0 Å². The van der Waals surface area contributed by atoms with Gasteiger partial charge in [-0.25, -0.2) is 9.97 Å². The van der Waals surface area contributed by atoms with Gasteiger partial charge < -0.3 is 20.8 Å². The Labute approximate surface area is 111 Å². The van der Waals surface area contributed by atoms with Crippen LogP contribution < -0.4 is 16.4 Å². The number of fused-ring (bicyclic) bond motifs is 1. The van der Waals surface area contributed by atoms with Gasteiger partial charge in [0.15, 0.2) is 11.5 Å². The van der Waals surface area contributed by atoms with Crippen LogP contribution >= 0.6 is 0 Å². The number of hydrogen-bond acceptors (Lipinski definition) is 5. The van der Waals surface area contributed by atoms with E-state index in [2.05, 4.69) is 20.6 Å². The van der Waals surface area contributed by atoms with Gasteiger partial charge >= 0.3 is 0 Å². The van der Waals surface area contributed by atoms with Gasteiger partial charge in [-0.15, -0.1) is 0 Å². The van der Waals surface area contributed by atoms with Crippen LogP contribution in [0.15, 0.2) is 18.6 Å². The topological polar surface area (TPSA) is 97.3 Å². The zero-order valence-electron chi connectivity index (χ0n) is 11.1. The molecule has 4 N–H and O–H groups in total. The molecule has 0 aliphatic rings. The lowest BCUT2D eigenvalue weighted by Crippen LogP contribution is -2.32. The average molecular weight is 262 g/mol. The van der Waals surface area contributed by atoms with E-state index >= 15 is 0 Å². The molecule has 0 spiro atoms. The smallest absolute Gasteiger partial charge is 0.239 e. The summed E-state index contributed by atoms with van der Waals surface area (Å²) in [5, 5.41) is 5.77. The molecule has 0 aliphatic heterocycles. The Balaban J connectivity index is 2.01. The van der Waals surface area contributed by atoms with Crippen LogP contribution in [0.2, 0.25) is 0 Å². The maximum atomic E-state index is 11.6. The zero-order valence-corrected chi connectivity index (χ0v) is 11.1. The summed E-state index contributed by atoms with van der Waals surface area (Å²) in [7, 11) is 0. The summed E-state index contributed by atoms with van der Waals surface area (Å²) in [5.41, 5.74) is 6.33. The number of anilines is 2. The molecule has 0 unspecified atom stereocenters. The highest BCUT2D eigenvalue weighted by molar-refractivity contribution is 5.81. The number of nitrogen functional groups attached to an aromatic ring is 1. The Morgan fingerprint density at radius 2 is 2.32 bits per heavy atom. The van der Waals surface area contributed by atoms with Crippen LogP contribution in [0, 0.1) is 5.92 Å². The van der Waals surface area contributed by atoms with Crippen molar-refractivity contribution in [1.29, 1.82) is 0 Å². The average Bonchev–Trinajstić information content (AvgIpc) is 2.81. The molecule has 2 aromatic rings. The van der Waals surface area contributed by atoms with Gasteiger partial charge in [-0.05, 0) is 5.92 Å². The number of carbonyl (C=O) groups excluding carboxylic acids is 1. The van der Waals surface area contributed by atoms with Crippen LogP contribution in [-0.2, 0) is 4.79 Å². The monoisotopic (exact) mass is 262 g/mol. The van der Waals surface area contributed by atoms with Crippen molar-refractivity contribution >= 4 is 23.2 Å². The van der Waals surface area contributed by atoms with Crippen molar-refractivity contribution in [3.63, 3.8) is 0 Å². The highest BCUT2D eigenvalue weighted by Crippen LogP contribution is 2.13. The molecule has 0 fully saturated rings. The minimum Gasteiger partial charge on any atom is -0.382 e. The van der Waals surface area contributed by atoms with Crippen molar-refractivity contribution in [2.45, 2.75) is 13.8 Å². The molecule has 19 heavy (non-hydrogen) atoms. The Hall–Kier alpha value is -2.31. The molecule has 1 amide bonds. The largest absolute Gasteiger partial charge is 0.382 e. The van der Waals surface area contributed by atoms with Crippen molar-refractivity contribution < 1.29 is 4.79 Å². The summed E-state index contributed by atoms with van der Waals surface area (Å²) < 4.78 is 1.76. The van der Waals surface area contributed by atoms with Crippen molar-refractivity contribution in [3.05, 3.63) is 18.6 Å². The minimum atomic E-state index is -0.0809. The van der Waals surface area contributed by atoms with E-state index in [1.165, 1.54) is 0 Å². The highest BCUT2D eigenvalue weighted by Gasteiger charge is 2.08. The minimum absolute atomic E-state index is 0.0809. The standard InChI is InChI=1S/C12H18N6O/c1-8(2)5-15-10(19)6-16-11-12-14-3-4-18(12)7-9(13)17-11/h3-4,7-8H,5-6,13H2,1-2H3,(H,15,19)(H,16,17). The maximum absolute atomic E-state index is 11.6. The first kappa shape index (κ1) is 13.1. The molecule has 2 rings (SSSR count). The fraction of sp³-hybridized carbons (Fsp3) is 0.417. The van der Waals surface area contributed by atoms with E-state index < -0.39 is 0 Å². The van der Waals surface area contributed by atoms with Gasteiger partial charge in [0.25, 0.3) is 0 Å². The number of imidazole rings is 1. The van der Waals surface area contributed by atoms with Gasteiger partial charge in [0.05, 0.1) is 12.7 Å². The van der Waals surface area contributed by atoms with Gasteiger partial charge in [0.2, 0.25) is 5.91 Å². The van der Waals surface area contributed by atoms with E-state index in [0.29, 0.717) is 29.7 Å². The van der Waals surface area contributed by atoms with Crippen LogP contribution in [0.1, 0.15) is 13.8 Å². The summed E-state index contributed by atoms with van der Waals surface area (Å²) in [6.45, 7) is 4.89. The summed E-state index contributed by atoms with van der Waals surface area (Å²) in [6.07, 6.45) is 5.10. The van der Waals surface area contributed by atoms with E-state index in [0.717, 1.165) is 0 Å². The van der Waals surface area contributed by atoms with Gasteiger partial charge in [0.1, 0.15) is 5.82 Å². The second-order valence-electron chi connectivity index (χ2n) is 4.72. The molecule has 2 heterocycles. The molecule has 0 aromatic carbocycles. The molecule has 7 heteroatoms. The molecular weight excluding hydrogens is 244 g/mol. The molecular formula is C12H18N6O. The van der Waals surface area contributed by atoms with Crippen LogP contribution in [-0.4, -0.2) is 33.4 Å². The fourth-order valence-electron chi connectivity index (χ4n) is 1.61. The zero-order chi connectivity index (χ0) is 13.8. The molecule has 0 radical (unpaired) electrons. The quantitative estimate of drug-likeness (QED) is 0.729. The Bertz CT molecular complexity index is 577. The second-order valence-corrected chi connectivity index (χ2v) is 4.72. The number of amides is 1. The van der Waals surface area contributed by atoms with E-state index in [9.17, 15) is 4.79 Å². The van der Waals surface area contributed by atoms with Crippen LogP contribution in [0.3, 0.4) is 0 Å². The van der Waals surface area contributed by atoms with Gasteiger partial charge in [-0.3, -0.25) is 4.79 Å². The van der Waals surface area contributed by atoms with Crippen LogP contribution in [0.5, 0.6) is 0 Å². The number of nitrogens with zero attached hydrogens (tertiary/aromatic N) is 3. The Morgan fingerprint density at radius 3 is 3.05 bits per heavy atom. The second kappa shape index (κ2) is 5.55. The summed E-state index contributed by atoms with van der Waals surface area (Å²) in [4.78, 5) is 19.9. The van der Waals surface area contributed by atoms with E-state index in [1.54, 1.807) is 23.0 Å². The Morgan fingerprint density at radius 1 is 1.53 bits per heavy atom. The van der Waals surface area contributed by atoms with E-state index in [-0.39, 0.29) is 12.5 Å². The van der Waals surface area contributed by atoms with Crippen molar-refractivity contribution in [2.75, 3.05) is 24.1 Å².